The van der Waals surface area contributed by atoms with Crippen LogP contribution in [0, 0.1) is 0 Å². The Labute approximate surface area is 120 Å². The minimum Gasteiger partial charge on any atom is -0.478 e. The lowest BCUT2D eigenvalue weighted by Gasteiger charge is -2.14. The van der Waals surface area contributed by atoms with Crippen molar-refractivity contribution in [1.82, 2.24) is 9.59 Å². The zero-order valence-corrected chi connectivity index (χ0v) is 11.8. The van der Waals surface area contributed by atoms with E-state index in [1.807, 2.05) is 0 Å². The Kier molecular flexibility index (Phi) is 4.43. The summed E-state index contributed by atoms with van der Waals surface area (Å²) in [5.41, 5.74) is 1.10. The van der Waals surface area contributed by atoms with E-state index in [-0.39, 0.29) is 5.75 Å². The van der Waals surface area contributed by atoms with E-state index in [1.54, 1.807) is 23.6 Å². The molecule has 0 fully saturated rings. The molecule has 0 bridgehead atoms. The molecule has 1 aromatic carbocycles. The topological polar surface area (TPSA) is 72.3 Å². The van der Waals surface area contributed by atoms with E-state index in [9.17, 15) is 9.18 Å². The molecule has 0 amide bonds. The molecule has 1 aromatic heterocycles. The molecule has 1 N–H and O–H groups in total. The normalized spacial score (nSPS) is 12.1. The molecular weight excluding hydrogens is 339 g/mol. The maximum absolute atomic E-state index is 12.6. The van der Waals surface area contributed by atoms with Crippen LogP contribution in [0.3, 0.4) is 0 Å². The summed E-state index contributed by atoms with van der Waals surface area (Å²) in [5, 5.41) is 14.4. The summed E-state index contributed by atoms with van der Waals surface area (Å²) in [5.74, 6) is -1.10. The summed E-state index contributed by atoms with van der Waals surface area (Å²) in [6.07, 6.45) is -1.54. The van der Waals surface area contributed by atoms with Crippen LogP contribution >= 0.6 is 27.5 Å². The van der Waals surface area contributed by atoms with Gasteiger partial charge in [0.2, 0.25) is 6.10 Å². The predicted octanol–water partition coefficient (Wildman–Crippen LogP) is 2.77. The Balaban J connectivity index is 2.37. The number of carboxylic acids is 1. The van der Waals surface area contributed by atoms with Crippen molar-refractivity contribution < 1.29 is 19.0 Å². The lowest BCUT2D eigenvalue weighted by Crippen LogP contribution is -2.29. The summed E-state index contributed by atoms with van der Waals surface area (Å²) < 4.78 is 22.3. The number of hydrogen-bond donors (Lipinski definition) is 1. The predicted molar refractivity (Wildman–Crippen MR) is 71.1 cm³/mol. The first-order chi connectivity index (χ1) is 9.11. The van der Waals surface area contributed by atoms with Gasteiger partial charge in [-0.3, -0.25) is 0 Å². The van der Waals surface area contributed by atoms with Crippen LogP contribution in [0.1, 0.15) is 0 Å². The quantitative estimate of drug-likeness (QED) is 0.901. The van der Waals surface area contributed by atoms with Crippen molar-refractivity contribution >= 4 is 33.4 Å². The average Bonchev–Trinajstić information content (AvgIpc) is 2.90. The minimum absolute atomic E-state index is 0.251. The van der Waals surface area contributed by atoms with Crippen LogP contribution in [-0.4, -0.2) is 33.4 Å². The molecule has 8 heteroatoms. The molecule has 0 aliphatic heterocycles. The first-order valence-electron chi connectivity index (χ1n) is 5.14. The third-order valence-electron chi connectivity index (χ3n) is 2.26. The number of benzene rings is 1. The number of alkyl halides is 1. The summed E-state index contributed by atoms with van der Waals surface area (Å²) >= 11 is 4.46. The van der Waals surface area contributed by atoms with Crippen LogP contribution in [-0.2, 0) is 4.79 Å². The van der Waals surface area contributed by atoms with Gasteiger partial charge in [-0.05, 0) is 29.7 Å². The van der Waals surface area contributed by atoms with E-state index < -0.39 is 18.7 Å². The number of halogens is 2. The van der Waals surface area contributed by atoms with E-state index >= 15 is 0 Å². The minimum atomic E-state index is -1.54. The second-order valence-corrected chi connectivity index (χ2v) is 5.06. The maximum atomic E-state index is 12.6. The Morgan fingerprint density at radius 2 is 2.37 bits per heavy atom. The summed E-state index contributed by atoms with van der Waals surface area (Å²) in [4.78, 5) is 10.8. The summed E-state index contributed by atoms with van der Waals surface area (Å²) in [7, 11) is 0. The molecule has 5 nitrogen and oxygen atoms in total. The molecule has 2 rings (SSSR count). The molecule has 2 aromatic rings. The van der Waals surface area contributed by atoms with E-state index in [4.69, 9.17) is 9.84 Å². The van der Waals surface area contributed by atoms with Gasteiger partial charge in [-0.2, -0.15) is 0 Å². The number of nitrogens with zero attached hydrogens (tertiary/aromatic N) is 2. The maximum Gasteiger partial charge on any atom is 0.347 e. The standard InChI is InChI=1S/C11H8BrFN2O3S/c12-6-1-2-9(18-10(4-13)11(16)17)7(3-6)8-5-19-15-14-8/h1-3,5,10H,4H2,(H,16,17)/t10-/m0/s1. The first kappa shape index (κ1) is 13.9. The van der Waals surface area contributed by atoms with Crippen LogP contribution in [0.15, 0.2) is 28.1 Å². The number of carboxylic acid groups (broad SMARTS) is 1. The molecule has 0 aliphatic carbocycles. The largest absolute Gasteiger partial charge is 0.478 e. The van der Waals surface area contributed by atoms with Gasteiger partial charge in [0.15, 0.2) is 0 Å². The molecule has 1 heterocycles. The van der Waals surface area contributed by atoms with Gasteiger partial charge < -0.3 is 9.84 Å². The third-order valence-corrected chi connectivity index (χ3v) is 3.26. The number of ether oxygens (including phenoxy) is 1. The second-order valence-electron chi connectivity index (χ2n) is 3.53. The molecule has 0 radical (unpaired) electrons. The fourth-order valence-electron chi connectivity index (χ4n) is 1.39. The van der Waals surface area contributed by atoms with Crippen LogP contribution in [0.2, 0.25) is 0 Å². The lowest BCUT2D eigenvalue weighted by molar-refractivity contribution is -0.145. The molecule has 1 atom stereocenters. The van der Waals surface area contributed by atoms with Gasteiger partial charge >= 0.3 is 5.97 Å². The van der Waals surface area contributed by atoms with Gasteiger partial charge in [-0.1, -0.05) is 20.4 Å². The monoisotopic (exact) mass is 346 g/mol. The number of hydrogen-bond acceptors (Lipinski definition) is 5. The van der Waals surface area contributed by atoms with Gasteiger partial charge in [0, 0.05) is 15.4 Å². The van der Waals surface area contributed by atoms with Gasteiger partial charge in [-0.25, -0.2) is 9.18 Å². The van der Waals surface area contributed by atoms with E-state index in [0.717, 1.165) is 16.0 Å². The summed E-state index contributed by atoms with van der Waals surface area (Å²) in [6.45, 7) is -1.11. The third kappa shape index (κ3) is 3.27. The van der Waals surface area contributed by atoms with Crippen molar-refractivity contribution in [3.8, 4) is 17.0 Å². The van der Waals surface area contributed by atoms with Crippen molar-refractivity contribution in [2.24, 2.45) is 0 Å². The molecule has 100 valence electrons. The highest BCUT2D eigenvalue weighted by Gasteiger charge is 2.21. The van der Waals surface area contributed by atoms with Gasteiger partial charge in [0.25, 0.3) is 0 Å². The lowest BCUT2D eigenvalue weighted by atomic mass is 10.1. The molecule has 0 spiro atoms. The van der Waals surface area contributed by atoms with Gasteiger partial charge in [-0.15, -0.1) is 5.10 Å². The fraction of sp³-hybridized carbons (Fsp3) is 0.182. The second kappa shape index (κ2) is 6.07. The van der Waals surface area contributed by atoms with Crippen molar-refractivity contribution in [3.05, 3.63) is 28.1 Å². The van der Waals surface area contributed by atoms with Crippen molar-refractivity contribution in [1.29, 1.82) is 0 Å². The van der Waals surface area contributed by atoms with E-state index in [0.29, 0.717) is 11.3 Å². The highest BCUT2D eigenvalue weighted by atomic mass is 79.9. The molecule has 0 saturated carbocycles. The fourth-order valence-corrected chi connectivity index (χ4v) is 2.21. The Morgan fingerprint density at radius 1 is 1.58 bits per heavy atom. The Bertz CT molecular complexity index is 579. The van der Waals surface area contributed by atoms with Crippen molar-refractivity contribution in [2.45, 2.75) is 6.10 Å². The first-order valence-corrected chi connectivity index (χ1v) is 6.77. The summed E-state index contributed by atoms with van der Waals surface area (Å²) in [6, 6.07) is 4.95. The van der Waals surface area contributed by atoms with Crippen LogP contribution in [0.25, 0.3) is 11.3 Å². The Hall–Kier alpha value is -1.54. The number of aliphatic carboxylic acids is 1. The van der Waals surface area contributed by atoms with Crippen molar-refractivity contribution in [2.75, 3.05) is 6.67 Å². The van der Waals surface area contributed by atoms with Crippen LogP contribution in [0.4, 0.5) is 4.39 Å². The zero-order chi connectivity index (χ0) is 13.8. The number of carbonyl (C=O) groups is 1. The molecule has 0 aliphatic rings. The molecule has 0 unspecified atom stereocenters. The molecule has 19 heavy (non-hydrogen) atoms. The van der Waals surface area contributed by atoms with Crippen molar-refractivity contribution in [3.63, 3.8) is 0 Å². The SMILES string of the molecule is O=C(O)[C@H](CF)Oc1ccc(Br)cc1-c1csnn1. The Morgan fingerprint density at radius 3 is 2.95 bits per heavy atom. The van der Waals surface area contributed by atoms with E-state index in [1.165, 1.54) is 0 Å². The van der Waals surface area contributed by atoms with Gasteiger partial charge in [0.05, 0.1) is 0 Å². The van der Waals surface area contributed by atoms with Crippen LogP contribution in [0.5, 0.6) is 5.75 Å². The van der Waals surface area contributed by atoms with Crippen LogP contribution < -0.4 is 4.74 Å². The van der Waals surface area contributed by atoms with Gasteiger partial charge in [0.1, 0.15) is 18.1 Å². The average molecular weight is 347 g/mol. The molecular formula is C11H8BrFN2O3S. The number of aromatic nitrogens is 2. The smallest absolute Gasteiger partial charge is 0.347 e. The molecule has 0 saturated heterocycles. The highest BCUT2D eigenvalue weighted by Crippen LogP contribution is 2.32. The zero-order valence-electron chi connectivity index (χ0n) is 9.42. The van der Waals surface area contributed by atoms with E-state index in [2.05, 4.69) is 25.5 Å². The highest BCUT2D eigenvalue weighted by molar-refractivity contribution is 9.10. The number of rotatable bonds is 5.